The minimum absolute atomic E-state index is 0.00914. The Morgan fingerprint density at radius 3 is 0.922 bits per heavy atom. The molecule has 2 unspecified atom stereocenters. The van der Waals surface area contributed by atoms with Crippen LogP contribution in [-0.4, -0.2) is 47.4 Å². The van der Waals surface area contributed by atoms with Crippen molar-refractivity contribution >= 4 is 11.9 Å². The molecule has 1 amide bonds. The van der Waals surface area contributed by atoms with Gasteiger partial charge in [-0.25, -0.2) is 0 Å². The van der Waals surface area contributed by atoms with Crippen LogP contribution in [0, 0.1) is 0 Å². The minimum atomic E-state index is -0.843. The zero-order chi connectivity index (χ0) is 55.7. The summed E-state index contributed by atoms with van der Waals surface area (Å²) in [5.74, 6) is -0.0554. The number of hydrogen-bond donors (Lipinski definition) is 3. The Morgan fingerprint density at radius 1 is 0.351 bits per heavy atom. The van der Waals surface area contributed by atoms with Gasteiger partial charge in [-0.05, 0) is 83.5 Å². The minimum Gasteiger partial charge on any atom is -0.466 e. The number of amides is 1. The van der Waals surface area contributed by atoms with Gasteiger partial charge < -0.3 is 20.3 Å². The second-order valence-electron chi connectivity index (χ2n) is 23.9. The first-order valence-electron chi connectivity index (χ1n) is 34.8. The summed E-state index contributed by atoms with van der Waals surface area (Å²) in [6, 6.07) is -0.627. The van der Waals surface area contributed by atoms with Gasteiger partial charge in [-0.15, -0.1) is 0 Å². The van der Waals surface area contributed by atoms with Crippen LogP contribution in [0.5, 0.6) is 0 Å². The van der Waals surface area contributed by atoms with Crippen molar-refractivity contribution in [2.75, 3.05) is 13.2 Å². The van der Waals surface area contributed by atoms with Crippen molar-refractivity contribution in [2.45, 2.75) is 392 Å². The summed E-state index contributed by atoms with van der Waals surface area (Å²) in [4.78, 5) is 24.5. The van der Waals surface area contributed by atoms with Crippen molar-refractivity contribution in [3.8, 4) is 0 Å². The molecule has 0 aliphatic carbocycles. The van der Waals surface area contributed by atoms with E-state index in [9.17, 15) is 19.8 Å². The second kappa shape index (κ2) is 66.6. The molecular weight excluding hydrogens is 947 g/mol. The number of rotatable bonds is 65. The van der Waals surface area contributed by atoms with E-state index in [2.05, 4.69) is 43.5 Å². The van der Waals surface area contributed by atoms with Crippen LogP contribution in [0.4, 0.5) is 0 Å². The van der Waals surface area contributed by atoms with E-state index < -0.39 is 12.1 Å². The summed E-state index contributed by atoms with van der Waals surface area (Å²) in [6.07, 6.45) is 85.1. The van der Waals surface area contributed by atoms with Gasteiger partial charge >= 0.3 is 5.97 Å². The molecule has 3 N–H and O–H groups in total. The molecule has 0 aromatic heterocycles. The zero-order valence-corrected chi connectivity index (χ0v) is 52.0. The number of carbonyl (C=O) groups excluding carboxylic acids is 2. The molecule has 2 atom stereocenters. The predicted molar refractivity (Wildman–Crippen MR) is 338 cm³/mol. The molecule has 0 radical (unpaired) electrons. The molecular formula is C71H135NO5. The van der Waals surface area contributed by atoms with Crippen LogP contribution in [0.2, 0.25) is 0 Å². The van der Waals surface area contributed by atoms with E-state index in [4.69, 9.17) is 4.74 Å². The number of nitrogens with one attached hydrogen (secondary N) is 1. The number of aliphatic hydroxyl groups is 2. The third kappa shape index (κ3) is 63.1. The number of hydrogen-bond acceptors (Lipinski definition) is 5. The summed E-state index contributed by atoms with van der Waals surface area (Å²) in [6.45, 7) is 4.92. The molecule has 0 aromatic carbocycles. The smallest absolute Gasteiger partial charge is 0.305 e. The lowest BCUT2D eigenvalue weighted by Gasteiger charge is -2.20. The van der Waals surface area contributed by atoms with Gasteiger partial charge in [-0.3, -0.25) is 9.59 Å². The molecule has 0 heterocycles. The third-order valence-electron chi connectivity index (χ3n) is 16.1. The first kappa shape index (κ1) is 75.1. The van der Waals surface area contributed by atoms with Gasteiger partial charge in [0.25, 0.3) is 0 Å². The average molecular weight is 1080 g/mol. The highest BCUT2D eigenvalue weighted by Gasteiger charge is 2.18. The molecule has 0 saturated heterocycles. The lowest BCUT2D eigenvalue weighted by atomic mass is 10.0. The second-order valence-corrected chi connectivity index (χ2v) is 23.9. The van der Waals surface area contributed by atoms with Gasteiger partial charge in [0.05, 0.1) is 25.4 Å². The molecule has 6 nitrogen and oxygen atoms in total. The van der Waals surface area contributed by atoms with Crippen LogP contribution in [0.3, 0.4) is 0 Å². The third-order valence-corrected chi connectivity index (χ3v) is 16.1. The van der Waals surface area contributed by atoms with Gasteiger partial charge in [-0.2, -0.15) is 0 Å². The molecule has 0 bridgehead atoms. The molecule has 0 aromatic rings. The summed E-state index contributed by atoms with van der Waals surface area (Å²) in [7, 11) is 0. The molecule has 6 heteroatoms. The summed E-state index contributed by atoms with van der Waals surface area (Å²) >= 11 is 0. The average Bonchev–Trinajstić information content (AvgIpc) is 3.43. The van der Waals surface area contributed by atoms with Crippen molar-refractivity contribution in [3.63, 3.8) is 0 Å². The van der Waals surface area contributed by atoms with Gasteiger partial charge in [0.1, 0.15) is 0 Å². The van der Waals surface area contributed by atoms with Crippen molar-refractivity contribution < 1.29 is 24.5 Å². The first-order chi connectivity index (χ1) is 38.0. The van der Waals surface area contributed by atoms with Gasteiger partial charge in [0, 0.05) is 12.8 Å². The van der Waals surface area contributed by atoms with Crippen molar-refractivity contribution in [3.05, 3.63) is 36.5 Å². The van der Waals surface area contributed by atoms with Crippen LogP contribution in [0.1, 0.15) is 380 Å². The summed E-state index contributed by atoms with van der Waals surface area (Å²) < 4.78 is 5.49. The highest BCUT2D eigenvalue weighted by molar-refractivity contribution is 5.76. The number of aliphatic hydroxyl groups excluding tert-OH is 2. The van der Waals surface area contributed by atoms with Crippen molar-refractivity contribution in [2.24, 2.45) is 0 Å². The van der Waals surface area contributed by atoms with Crippen LogP contribution in [0.15, 0.2) is 36.5 Å². The fourth-order valence-electron chi connectivity index (χ4n) is 10.8. The van der Waals surface area contributed by atoms with E-state index in [0.29, 0.717) is 19.4 Å². The molecule has 0 saturated carbocycles. The fraction of sp³-hybridized carbons (Fsp3) is 0.887. The number of carbonyl (C=O) groups is 2. The van der Waals surface area contributed by atoms with Gasteiger partial charge in [0.15, 0.2) is 0 Å². The Hall–Kier alpha value is -1.92. The maximum atomic E-state index is 12.5. The number of esters is 1. The molecule has 0 fully saturated rings. The van der Waals surface area contributed by atoms with Crippen LogP contribution >= 0.6 is 0 Å². The largest absolute Gasteiger partial charge is 0.466 e. The zero-order valence-electron chi connectivity index (χ0n) is 52.0. The number of unbranched alkanes of at least 4 members (excludes halogenated alkanes) is 50. The maximum absolute atomic E-state index is 12.5. The molecule has 0 aliphatic rings. The number of allylic oxidation sites excluding steroid dienone is 5. The predicted octanol–water partition coefficient (Wildman–Crippen LogP) is 22.3. The lowest BCUT2D eigenvalue weighted by Crippen LogP contribution is -2.45. The summed E-state index contributed by atoms with van der Waals surface area (Å²) in [5, 5.41) is 23.2. The summed E-state index contributed by atoms with van der Waals surface area (Å²) in [5.41, 5.74) is 0. The Balaban J connectivity index is 3.38. The fourth-order valence-corrected chi connectivity index (χ4v) is 10.8. The van der Waals surface area contributed by atoms with E-state index >= 15 is 0 Å². The highest BCUT2D eigenvalue weighted by Crippen LogP contribution is 2.18. The molecule has 0 aliphatic heterocycles. The van der Waals surface area contributed by atoms with Crippen LogP contribution < -0.4 is 5.32 Å². The Kier molecular flexibility index (Phi) is 64.9. The number of ether oxygens (including phenoxy) is 1. The molecule has 0 rings (SSSR count). The van der Waals surface area contributed by atoms with Crippen LogP contribution in [0.25, 0.3) is 0 Å². The molecule has 454 valence electrons. The Labute approximate surface area is 481 Å². The maximum Gasteiger partial charge on any atom is 0.305 e. The van der Waals surface area contributed by atoms with Crippen molar-refractivity contribution in [1.82, 2.24) is 5.32 Å². The van der Waals surface area contributed by atoms with E-state index in [1.165, 1.54) is 308 Å². The Morgan fingerprint density at radius 2 is 0.610 bits per heavy atom. The van der Waals surface area contributed by atoms with E-state index in [1.807, 2.05) is 6.08 Å². The van der Waals surface area contributed by atoms with Gasteiger partial charge in [-0.1, -0.05) is 320 Å². The Bertz CT molecular complexity index is 1250. The quantitative estimate of drug-likeness (QED) is 0.0320. The van der Waals surface area contributed by atoms with Crippen LogP contribution in [-0.2, 0) is 14.3 Å². The first-order valence-corrected chi connectivity index (χ1v) is 34.8. The topological polar surface area (TPSA) is 95.9 Å². The monoisotopic (exact) mass is 1080 g/mol. The molecule has 77 heavy (non-hydrogen) atoms. The van der Waals surface area contributed by atoms with Crippen molar-refractivity contribution in [1.29, 1.82) is 0 Å². The normalized spacial score (nSPS) is 12.7. The van der Waals surface area contributed by atoms with E-state index in [0.717, 1.165) is 44.9 Å². The highest BCUT2D eigenvalue weighted by atomic mass is 16.5. The van der Waals surface area contributed by atoms with Gasteiger partial charge in [0.2, 0.25) is 5.91 Å². The lowest BCUT2D eigenvalue weighted by molar-refractivity contribution is -0.143. The standard InChI is InChI=1S/C71H135NO5/c1-3-5-7-9-11-13-15-17-35-39-43-47-51-55-59-63-69(74)68(67-73)72-70(75)64-60-56-52-48-44-40-37-33-31-29-27-25-23-21-19-20-22-24-26-28-30-32-34-38-42-46-50-54-58-62-66-77-71(76)65-61-57-53-49-45-41-36-18-16-14-12-10-8-6-4-2/h18,20,22,36,59,63,68-69,73-74H,3-17,19,21,23-35,37-58,60-62,64-67H2,1-2H3,(H,72,75)/b22-20-,36-18-,63-59+. The van der Waals surface area contributed by atoms with E-state index in [-0.39, 0.29) is 18.5 Å². The van der Waals surface area contributed by atoms with E-state index in [1.54, 1.807) is 6.08 Å². The molecule has 0 spiro atoms. The SMILES string of the molecule is CCCCCCCC/C=C\CCCCCCCC(=O)OCCCCCCCCCCCCCC/C=C\CCCCCCCCCCCCCCCCC(=O)NC(CO)C(O)/C=C/CCCCCCCCCCCCCCC.